The van der Waals surface area contributed by atoms with Gasteiger partial charge in [0.1, 0.15) is 24.6 Å². The molecule has 0 radical (unpaired) electrons. The Kier molecular flexibility index (Phi) is 6.46. The summed E-state index contributed by atoms with van der Waals surface area (Å²) in [5, 5.41) is 12.4. The molecule has 1 saturated heterocycles. The summed E-state index contributed by atoms with van der Waals surface area (Å²) in [7, 11) is 1.54. The first kappa shape index (κ1) is 27.5. The first-order valence-electron chi connectivity index (χ1n) is 12.7. The van der Waals surface area contributed by atoms with Crippen molar-refractivity contribution >= 4 is 11.8 Å². The molecule has 1 spiro atoms. The van der Waals surface area contributed by atoms with Crippen LogP contribution in [0.3, 0.4) is 0 Å². The van der Waals surface area contributed by atoms with Crippen LogP contribution in [0, 0.1) is 16.7 Å². The molecule has 8 nitrogen and oxygen atoms in total. The minimum Gasteiger partial charge on any atom is -0.458 e. The van der Waals surface area contributed by atoms with Crippen molar-refractivity contribution in [3.63, 3.8) is 0 Å². The Labute approximate surface area is 214 Å². The number of carbonyl (C=O) groups excluding carboxylic acids is 2. The molecule has 3 fully saturated rings. The lowest BCUT2D eigenvalue weighted by molar-refractivity contribution is -0.229. The van der Waals surface area contributed by atoms with Crippen molar-refractivity contribution in [2.45, 2.75) is 109 Å². The standard InChI is InChI=1S/C28H42O8/c1-15-11-19(30)28-23(36-28)22-16(2)18(34-17(3)29)12-20(35-24(4,5)6)26(22,9)13-21(33-14-32-10)27(15,31)25(28,7)8/h11,18,20-23,31H,2,12-14H2,1,3-10H3/t18-,20-,21+,22+,23+,26+,27-,28+/m0/s1. The smallest absolute Gasteiger partial charge is 0.303 e. The van der Waals surface area contributed by atoms with E-state index in [-0.39, 0.29) is 18.5 Å². The fourth-order valence-corrected chi connectivity index (χ4v) is 7.37. The highest BCUT2D eigenvalue weighted by molar-refractivity contribution is 6.03. The number of ketones is 1. The number of aliphatic hydroxyl groups is 1. The maximum atomic E-state index is 13.7. The number of carbonyl (C=O) groups is 2. The molecular formula is C28H42O8. The summed E-state index contributed by atoms with van der Waals surface area (Å²) in [5.74, 6) is -0.957. The summed E-state index contributed by atoms with van der Waals surface area (Å²) in [6.07, 6.45) is 0.0426. The molecule has 8 atom stereocenters. The molecule has 3 aliphatic carbocycles. The van der Waals surface area contributed by atoms with E-state index in [0.717, 1.165) is 0 Å². The number of rotatable bonds is 5. The predicted molar refractivity (Wildman–Crippen MR) is 132 cm³/mol. The Morgan fingerprint density at radius 2 is 1.89 bits per heavy atom. The third kappa shape index (κ3) is 3.67. The summed E-state index contributed by atoms with van der Waals surface area (Å²) < 4.78 is 30.3. The second-order valence-corrected chi connectivity index (χ2v) is 12.7. The van der Waals surface area contributed by atoms with Gasteiger partial charge in [-0.05, 0) is 51.3 Å². The number of fused-ring (bicyclic) bond motifs is 3. The molecule has 4 rings (SSSR count). The molecule has 0 unspecified atom stereocenters. The topological polar surface area (TPSA) is 104 Å². The van der Waals surface area contributed by atoms with E-state index in [1.807, 2.05) is 34.6 Å². The van der Waals surface area contributed by atoms with Gasteiger partial charge in [-0.25, -0.2) is 0 Å². The van der Waals surface area contributed by atoms with Crippen LogP contribution >= 0.6 is 0 Å². The minimum absolute atomic E-state index is 0.0237. The third-order valence-corrected chi connectivity index (χ3v) is 9.12. The van der Waals surface area contributed by atoms with Gasteiger partial charge in [-0.2, -0.15) is 0 Å². The van der Waals surface area contributed by atoms with Crippen LogP contribution in [0.25, 0.3) is 0 Å². The summed E-state index contributed by atoms with van der Waals surface area (Å²) >= 11 is 0. The second kappa shape index (κ2) is 8.46. The highest BCUT2D eigenvalue weighted by Crippen LogP contribution is 2.70. The average molecular weight is 507 g/mol. The molecular weight excluding hydrogens is 464 g/mol. The Bertz CT molecular complexity index is 992. The van der Waals surface area contributed by atoms with Crippen LogP contribution in [0.5, 0.6) is 0 Å². The third-order valence-electron chi connectivity index (χ3n) is 9.12. The molecule has 0 aromatic rings. The summed E-state index contributed by atoms with van der Waals surface area (Å²) in [6.45, 7) is 19.3. The number of methoxy groups -OCH3 is 1. The number of hydrogen-bond donors (Lipinski definition) is 1. The Hall–Kier alpha value is -1.58. The van der Waals surface area contributed by atoms with Crippen molar-refractivity contribution < 1.29 is 38.4 Å². The van der Waals surface area contributed by atoms with Gasteiger partial charge in [0.2, 0.25) is 0 Å². The van der Waals surface area contributed by atoms with E-state index in [1.165, 1.54) is 20.1 Å². The van der Waals surface area contributed by atoms with Gasteiger partial charge in [0.25, 0.3) is 0 Å². The van der Waals surface area contributed by atoms with Crippen molar-refractivity contribution in [3.8, 4) is 0 Å². The van der Waals surface area contributed by atoms with Gasteiger partial charge in [-0.15, -0.1) is 0 Å². The van der Waals surface area contributed by atoms with Crippen LogP contribution in [-0.2, 0) is 33.3 Å². The lowest BCUT2D eigenvalue weighted by Gasteiger charge is -2.59. The van der Waals surface area contributed by atoms with Gasteiger partial charge in [0.05, 0.1) is 17.8 Å². The Balaban J connectivity index is 1.94. The SMILES string of the molecule is C=C1[C@@H](OC(C)=O)C[C@H](OC(C)(C)C)[C@@]2(C)C[C@@H](OCOC)[C@@]3(O)C(C)=CC(=O)[C@]4(O[C@@H]4[C@@H]12)C3(C)C. The maximum absolute atomic E-state index is 13.7. The van der Waals surface area contributed by atoms with E-state index in [0.29, 0.717) is 24.0 Å². The van der Waals surface area contributed by atoms with E-state index in [9.17, 15) is 14.7 Å². The zero-order valence-corrected chi connectivity index (χ0v) is 23.1. The van der Waals surface area contributed by atoms with Gasteiger partial charge >= 0.3 is 5.97 Å². The summed E-state index contributed by atoms with van der Waals surface area (Å²) in [6, 6.07) is 0. The Morgan fingerprint density at radius 3 is 2.44 bits per heavy atom. The largest absolute Gasteiger partial charge is 0.458 e. The van der Waals surface area contributed by atoms with E-state index >= 15 is 0 Å². The molecule has 4 aliphatic rings. The lowest BCUT2D eigenvalue weighted by Crippen LogP contribution is -2.70. The first-order chi connectivity index (χ1) is 16.5. The van der Waals surface area contributed by atoms with Gasteiger partial charge in [0.15, 0.2) is 11.4 Å². The van der Waals surface area contributed by atoms with Crippen molar-refractivity contribution in [1.29, 1.82) is 0 Å². The van der Waals surface area contributed by atoms with Crippen LogP contribution in [0.15, 0.2) is 23.8 Å². The van der Waals surface area contributed by atoms with E-state index in [1.54, 1.807) is 6.92 Å². The predicted octanol–water partition coefficient (Wildman–Crippen LogP) is 3.50. The van der Waals surface area contributed by atoms with Gasteiger partial charge in [-0.3, -0.25) is 9.59 Å². The van der Waals surface area contributed by atoms with Gasteiger partial charge in [-0.1, -0.05) is 27.4 Å². The molecule has 2 bridgehead atoms. The van der Waals surface area contributed by atoms with Crippen LogP contribution < -0.4 is 0 Å². The monoisotopic (exact) mass is 506 g/mol. The molecule has 36 heavy (non-hydrogen) atoms. The molecule has 0 aromatic carbocycles. The normalized spacial score (nSPS) is 43.5. The van der Waals surface area contributed by atoms with Crippen LogP contribution in [0.4, 0.5) is 0 Å². The van der Waals surface area contributed by atoms with E-state index in [4.69, 9.17) is 23.7 Å². The number of esters is 1. The molecule has 8 heteroatoms. The molecule has 2 saturated carbocycles. The van der Waals surface area contributed by atoms with Crippen molar-refractivity contribution in [2.75, 3.05) is 13.9 Å². The van der Waals surface area contributed by atoms with Crippen LogP contribution in [0.1, 0.15) is 68.2 Å². The fourth-order valence-electron chi connectivity index (χ4n) is 7.37. The summed E-state index contributed by atoms with van der Waals surface area (Å²) in [4.78, 5) is 25.7. The van der Waals surface area contributed by atoms with Gasteiger partial charge in [0, 0.05) is 37.2 Å². The fraction of sp³-hybridized carbons (Fsp3) is 0.786. The van der Waals surface area contributed by atoms with Crippen LogP contribution in [0.2, 0.25) is 0 Å². The Morgan fingerprint density at radius 1 is 1.25 bits per heavy atom. The molecule has 0 aromatic heterocycles. The molecule has 1 heterocycles. The highest BCUT2D eigenvalue weighted by Gasteiger charge is 2.82. The van der Waals surface area contributed by atoms with E-state index in [2.05, 4.69) is 13.5 Å². The molecule has 0 amide bonds. The zero-order chi connectivity index (χ0) is 27.1. The highest BCUT2D eigenvalue weighted by atomic mass is 16.7. The van der Waals surface area contributed by atoms with Gasteiger partial charge < -0.3 is 28.8 Å². The minimum atomic E-state index is -1.50. The molecule has 202 valence electrons. The zero-order valence-electron chi connectivity index (χ0n) is 23.1. The van der Waals surface area contributed by atoms with Crippen molar-refractivity contribution in [3.05, 3.63) is 23.8 Å². The average Bonchev–Trinajstić information content (AvgIpc) is 3.48. The molecule has 1 N–H and O–H groups in total. The van der Waals surface area contributed by atoms with E-state index < -0.39 is 58.0 Å². The molecule has 1 aliphatic heterocycles. The van der Waals surface area contributed by atoms with Crippen LogP contribution in [-0.4, -0.2) is 72.0 Å². The lowest BCUT2D eigenvalue weighted by atomic mass is 9.47. The number of epoxide rings is 1. The maximum Gasteiger partial charge on any atom is 0.303 e. The second-order valence-electron chi connectivity index (χ2n) is 12.7. The van der Waals surface area contributed by atoms with Crippen molar-refractivity contribution in [1.82, 2.24) is 0 Å². The quantitative estimate of drug-likeness (QED) is 0.262. The first-order valence-corrected chi connectivity index (χ1v) is 12.7. The summed E-state index contributed by atoms with van der Waals surface area (Å²) in [5.41, 5.74) is -3.69. The number of ether oxygens (including phenoxy) is 5. The number of hydrogen-bond acceptors (Lipinski definition) is 8. The van der Waals surface area contributed by atoms with Crippen molar-refractivity contribution in [2.24, 2.45) is 16.7 Å².